The van der Waals surface area contributed by atoms with E-state index in [2.05, 4.69) is 58.8 Å². The van der Waals surface area contributed by atoms with E-state index < -0.39 is 0 Å². The van der Waals surface area contributed by atoms with Crippen molar-refractivity contribution in [2.75, 3.05) is 12.0 Å². The van der Waals surface area contributed by atoms with Crippen LogP contribution in [-0.2, 0) is 6.42 Å². The summed E-state index contributed by atoms with van der Waals surface area (Å²) in [6.45, 7) is 2.78. The van der Waals surface area contributed by atoms with Crippen molar-refractivity contribution < 1.29 is 4.74 Å². The van der Waals surface area contributed by atoms with Gasteiger partial charge in [-0.25, -0.2) is 4.98 Å². The van der Waals surface area contributed by atoms with Crippen LogP contribution in [0, 0.1) is 6.92 Å². The van der Waals surface area contributed by atoms with Crippen LogP contribution in [0.3, 0.4) is 0 Å². The summed E-state index contributed by atoms with van der Waals surface area (Å²) < 4.78 is 5.85. The van der Waals surface area contributed by atoms with E-state index >= 15 is 0 Å². The van der Waals surface area contributed by atoms with Crippen molar-refractivity contribution in [2.24, 2.45) is 5.10 Å². The average molecular weight is 428 g/mol. The molecule has 1 N–H and O–H groups in total. The standard InChI is InChI=1S/C26H25N3OS/c1-20-25(23-12-6-3-7-13-23)28-26(31-20)29-27-19-22-14-16-24(17-15-22)30-18-8-11-21-9-4-2-5-10-21/h2-7,9-10,12-17,19H,8,11,18H2,1H3,(H,28,29)/b27-19-. The number of nitrogens with zero attached hydrogens (tertiary/aromatic N) is 2. The van der Waals surface area contributed by atoms with Crippen LogP contribution in [0.1, 0.15) is 22.4 Å². The smallest absolute Gasteiger partial charge is 0.204 e. The highest BCUT2D eigenvalue weighted by molar-refractivity contribution is 7.15. The summed E-state index contributed by atoms with van der Waals surface area (Å²) in [5.74, 6) is 0.876. The summed E-state index contributed by atoms with van der Waals surface area (Å²) in [6, 6.07) is 28.6. The molecule has 0 spiro atoms. The Hall–Kier alpha value is -3.44. The quantitative estimate of drug-likeness (QED) is 0.186. The first-order valence-corrected chi connectivity index (χ1v) is 11.2. The summed E-state index contributed by atoms with van der Waals surface area (Å²) in [4.78, 5) is 5.83. The third kappa shape index (κ3) is 6.03. The number of hydrogen-bond donors (Lipinski definition) is 1. The topological polar surface area (TPSA) is 46.5 Å². The third-order valence-corrected chi connectivity index (χ3v) is 5.69. The SMILES string of the molecule is Cc1sc(N/N=C\c2ccc(OCCCc3ccccc3)cc2)nc1-c1ccccc1. The van der Waals surface area contributed by atoms with Crippen LogP contribution < -0.4 is 10.2 Å². The summed E-state index contributed by atoms with van der Waals surface area (Å²) in [6.07, 6.45) is 3.81. The number of nitrogens with one attached hydrogen (secondary N) is 1. The molecule has 1 heterocycles. The molecule has 0 fully saturated rings. The first-order chi connectivity index (χ1) is 15.3. The van der Waals surface area contributed by atoms with Crippen LogP contribution in [0.5, 0.6) is 5.75 Å². The Morgan fingerprint density at radius 1 is 0.935 bits per heavy atom. The number of aryl methyl sites for hydroxylation is 2. The molecular weight excluding hydrogens is 402 g/mol. The highest BCUT2D eigenvalue weighted by Gasteiger charge is 2.08. The fourth-order valence-corrected chi connectivity index (χ4v) is 4.02. The van der Waals surface area contributed by atoms with Crippen molar-refractivity contribution in [3.05, 3.63) is 101 Å². The number of ether oxygens (including phenoxy) is 1. The predicted octanol–water partition coefficient (Wildman–Crippen LogP) is 6.58. The number of benzene rings is 3. The number of anilines is 1. The number of aromatic nitrogens is 1. The van der Waals surface area contributed by atoms with Crippen LogP contribution in [-0.4, -0.2) is 17.8 Å². The molecule has 3 aromatic carbocycles. The van der Waals surface area contributed by atoms with Gasteiger partial charge in [-0.2, -0.15) is 5.10 Å². The molecule has 4 rings (SSSR count). The molecule has 0 aliphatic carbocycles. The zero-order chi connectivity index (χ0) is 21.3. The van der Waals surface area contributed by atoms with Gasteiger partial charge in [-0.05, 0) is 55.2 Å². The lowest BCUT2D eigenvalue weighted by Gasteiger charge is -2.06. The Morgan fingerprint density at radius 3 is 2.39 bits per heavy atom. The minimum Gasteiger partial charge on any atom is -0.494 e. The molecule has 0 aliphatic heterocycles. The van der Waals surface area contributed by atoms with E-state index in [1.165, 1.54) is 5.56 Å². The largest absolute Gasteiger partial charge is 0.494 e. The van der Waals surface area contributed by atoms with Crippen LogP contribution >= 0.6 is 11.3 Å². The van der Waals surface area contributed by atoms with E-state index in [1.54, 1.807) is 17.6 Å². The fourth-order valence-electron chi connectivity index (χ4n) is 3.23. The summed E-state index contributed by atoms with van der Waals surface area (Å²) in [5.41, 5.74) is 7.50. The maximum atomic E-state index is 5.85. The highest BCUT2D eigenvalue weighted by Crippen LogP contribution is 2.30. The second-order valence-electron chi connectivity index (χ2n) is 7.17. The first-order valence-electron chi connectivity index (χ1n) is 10.4. The Morgan fingerprint density at radius 2 is 1.65 bits per heavy atom. The van der Waals surface area contributed by atoms with E-state index in [0.29, 0.717) is 6.61 Å². The van der Waals surface area contributed by atoms with Gasteiger partial charge in [0.1, 0.15) is 5.75 Å². The van der Waals surface area contributed by atoms with Gasteiger partial charge in [-0.1, -0.05) is 60.7 Å². The van der Waals surface area contributed by atoms with Crippen LogP contribution in [0.4, 0.5) is 5.13 Å². The number of thiazole rings is 1. The van der Waals surface area contributed by atoms with E-state index in [9.17, 15) is 0 Å². The number of hydrazone groups is 1. The second-order valence-corrected chi connectivity index (χ2v) is 8.37. The maximum absolute atomic E-state index is 5.85. The van der Waals surface area contributed by atoms with Gasteiger partial charge in [-0.3, -0.25) is 5.43 Å². The van der Waals surface area contributed by atoms with Gasteiger partial charge in [0.15, 0.2) is 0 Å². The highest BCUT2D eigenvalue weighted by atomic mass is 32.1. The lowest BCUT2D eigenvalue weighted by atomic mass is 10.1. The van der Waals surface area contributed by atoms with E-state index in [4.69, 9.17) is 4.74 Å². The van der Waals surface area contributed by atoms with Crippen LogP contribution in [0.15, 0.2) is 90.0 Å². The molecule has 0 saturated carbocycles. The molecule has 0 bridgehead atoms. The molecule has 0 aliphatic rings. The molecule has 0 amide bonds. The van der Waals surface area contributed by atoms with Gasteiger partial charge in [-0.15, -0.1) is 11.3 Å². The van der Waals surface area contributed by atoms with Gasteiger partial charge < -0.3 is 4.74 Å². The van der Waals surface area contributed by atoms with Crippen LogP contribution in [0.25, 0.3) is 11.3 Å². The molecule has 1 aromatic heterocycles. The summed E-state index contributed by atoms with van der Waals surface area (Å²) in [7, 11) is 0. The Bertz CT molecular complexity index is 1110. The number of rotatable bonds is 9. The molecule has 0 unspecified atom stereocenters. The Labute approximate surface area is 187 Å². The van der Waals surface area contributed by atoms with Crippen molar-refractivity contribution in [1.82, 2.24) is 4.98 Å². The third-order valence-electron chi connectivity index (χ3n) is 4.82. The molecule has 4 aromatic rings. The van der Waals surface area contributed by atoms with Crippen LogP contribution in [0.2, 0.25) is 0 Å². The van der Waals surface area contributed by atoms with E-state index in [0.717, 1.165) is 45.4 Å². The van der Waals surface area contributed by atoms with Crippen molar-refractivity contribution in [2.45, 2.75) is 19.8 Å². The zero-order valence-electron chi connectivity index (χ0n) is 17.5. The molecule has 0 saturated heterocycles. The van der Waals surface area contributed by atoms with Crippen molar-refractivity contribution >= 4 is 22.7 Å². The fraction of sp³-hybridized carbons (Fsp3) is 0.154. The van der Waals surface area contributed by atoms with Gasteiger partial charge >= 0.3 is 0 Å². The molecule has 0 atom stereocenters. The van der Waals surface area contributed by atoms with Gasteiger partial charge in [0.2, 0.25) is 5.13 Å². The summed E-state index contributed by atoms with van der Waals surface area (Å²) >= 11 is 1.60. The lowest BCUT2D eigenvalue weighted by molar-refractivity contribution is 0.311. The van der Waals surface area contributed by atoms with Gasteiger partial charge in [0, 0.05) is 10.4 Å². The molecule has 0 radical (unpaired) electrons. The Balaban J connectivity index is 1.25. The predicted molar refractivity (Wildman–Crippen MR) is 130 cm³/mol. The normalized spacial score (nSPS) is 11.0. The van der Waals surface area contributed by atoms with Gasteiger partial charge in [0.25, 0.3) is 0 Å². The minimum atomic E-state index is 0.705. The molecule has 31 heavy (non-hydrogen) atoms. The molecular formula is C26H25N3OS. The zero-order valence-corrected chi connectivity index (χ0v) is 18.3. The molecule has 4 nitrogen and oxygen atoms in total. The Kier molecular flexibility index (Phi) is 7.08. The average Bonchev–Trinajstić information content (AvgIpc) is 3.19. The maximum Gasteiger partial charge on any atom is 0.204 e. The molecule has 5 heteroatoms. The first kappa shape index (κ1) is 20.8. The number of hydrogen-bond acceptors (Lipinski definition) is 5. The monoisotopic (exact) mass is 427 g/mol. The van der Waals surface area contributed by atoms with Gasteiger partial charge in [0.05, 0.1) is 18.5 Å². The molecule has 156 valence electrons. The minimum absolute atomic E-state index is 0.705. The van der Waals surface area contributed by atoms with E-state index in [1.807, 2.05) is 48.5 Å². The second kappa shape index (κ2) is 10.5. The van der Waals surface area contributed by atoms with E-state index in [-0.39, 0.29) is 0 Å². The lowest BCUT2D eigenvalue weighted by Crippen LogP contribution is -1.99. The van der Waals surface area contributed by atoms with Crippen molar-refractivity contribution in [3.8, 4) is 17.0 Å². The summed E-state index contributed by atoms with van der Waals surface area (Å²) in [5, 5.41) is 5.11. The van der Waals surface area contributed by atoms with Crippen molar-refractivity contribution in [1.29, 1.82) is 0 Å². The van der Waals surface area contributed by atoms with Crippen molar-refractivity contribution in [3.63, 3.8) is 0 Å².